The molecule has 2 aromatic rings. The van der Waals surface area contributed by atoms with Crippen molar-refractivity contribution in [2.45, 2.75) is 37.8 Å². The number of aromatic nitrogens is 1. The first-order chi connectivity index (χ1) is 14.1. The van der Waals surface area contributed by atoms with Gasteiger partial charge in [-0.05, 0) is 42.0 Å². The van der Waals surface area contributed by atoms with E-state index in [-0.39, 0.29) is 5.92 Å². The third kappa shape index (κ3) is 4.70. The van der Waals surface area contributed by atoms with E-state index >= 15 is 0 Å². The first-order valence-electron chi connectivity index (χ1n) is 9.67. The molecule has 4 N–H and O–H groups in total. The maximum Gasteiger partial charge on any atom is 0.328 e. The largest absolute Gasteiger partial charge is 0.480 e. The molecule has 0 unspecified atom stereocenters. The molecule has 0 radical (unpaired) electrons. The van der Waals surface area contributed by atoms with E-state index in [1.165, 1.54) is 17.6 Å². The number of carboxylic acids is 1. The van der Waals surface area contributed by atoms with E-state index in [2.05, 4.69) is 10.3 Å². The molecule has 1 amide bonds. The molecule has 1 aromatic heterocycles. The fraction of sp³-hybridized carbons (Fsp3) is 0.318. The van der Waals surface area contributed by atoms with Crippen LogP contribution in [0.4, 0.5) is 0 Å². The molecule has 1 saturated carbocycles. The molecule has 1 aromatic carbocycles. The van der Waals surface area contributed by atoms with Gasteiger partial charge in [0, 0.05) is 18.8 Å². The molecular formula is C22H25N3O4. The molecule has 0 spiro atoms. The second-order valence-corrected chi connectivity index (χ2v) is 7.21. The number of rotatable bonds is 8. The minimum atomic E-state index is -1.14. The van der Waals surface area contributed by atoms with Crippen molar-refractivity contribution < 1.29 is 19.9 Å². The van der Waals surface area contributed by atoms with Gasteiger partial charge in [-0.2, -0.15) is 0 Å². The van der Waals surface area contributed by atoms with Crippen molar-refractivity contribution >= 4 is 18.0 Å². The maximum atomic E-state index is 12.5. The third-order valence-corrected chi connectivity index (χ3v) is 5.47. The molecule has 1 aliphatic rings. The minimum absolute atomic E-state index is 0.0227. The predicted molar refractivity (Wildman–Crippen MR) is 108 cm³/mol. The van der Waals surface area contributed by atoms with E-state index in [1.807, 2.05) is 36.4 Å². The zero-order valence-electron chi connectivity index (χ0n) is 16.0. The molecule has 152 valence electrons. The Labute approximate surface area is 169 Å². The Morgan fingerprint density at radius 1 is 1.14 bits per heavy atom. The SMILES string of the molecule is O=C(C=Cc1ccc(CN[C@](C(=O)O)(c2ccccc2)C2CCCC2)cn1)NO. The van der Waals surface area contributed by atoms with Gasteiger partial charge in [0.15, 0.2) is 0 Å². The highest BCUT2D eigenvalue weighted by atomic mass is 16.5. The summed E-state index contributed by atoms with van der Waals surface area (Å²) in [5, 5.41) is 22.1. The van der Waals surface area contributed by atoms with Crippen LogP contribution in [0, 0.1) is 5.92 Å². The summed E-state index contributed by atoms with van der Waals surface area (Å²) >= 11 is 0. The van der Waals surface area contributed by atoms with Crippen LogP contribution in [0.1, 0.15) is 42.5 Å². The Morgan fingerprint density at radius 2 is 1.86 bits per heavy atom. The number of carbonyl (C=O) groups excluding carboxylic acids is 1. The summed E-state index contributed by atoms with van der Waals surface area (Å²) in [6.45, 7) is 0.353. The minimum Gasteiger partial charge on any atom is -0.480 e. The second-order valence-electron chi connectivity index (χ2n) is 7.21. The number of carbonyl (C=O) groups is 2. The van der Waals surface area contributed by atoms with Gasteiger partial charge in [-0.15, -0.1) is 0 Å². The van der Waals surface area contributed by atoms with Gasteiger partial charge in [-0.3, -0.25) is 20.3 Å². The van der Waals surface area contributed by atoms with Crippen LogP contribution in [0.3, 0.4) is 0 Å². The zero-order chi connectivity index (χ0) is 20.7. The third-order valence-electron chi connectivity index (χ3n) is 5.47. The molecule has 0 aliphatic heterocycles. The average molecular weight is 395 g/mol. The highest BCUT2D eigenvalue weighted by Gasteiger charge is 2.47. The molecular weight excluding hydrogens is 370 g/mol. The van der Waals surface area contributed by atoms with Crippen LogP contribution < -0.4 is 10.8 Å². The van der Waals surface area contributed by atoms with E-state index in [0.717, 1.165) is 36.8 Å². The molecule has 1 aliphatic carbocycles. The highest BCUT2D eigenvalue weighted by molar-refractivity contribution is 5.90. The Hall–Kier alpha value is -3.03. The number of hydrogen-bond acceptors (Lipinski definition) is 5. The summed E-state index contributed by atoms with van der Waals surface area (Å²) in [6.07, 6.45) is 8.14. The Kier molecular flexibility index (Phi) is 6.74. The van der Waals surface area contributed by atoms with Gasteiger partial charge in [0.05, 0.1) is 5.69 Å². The number of hydroxylamine groups is 1. The maximum absolute atomic E-state index is 12.5. The number of pyridine rings is 1. The van der Waals surface area contributed by atoms with E-state index < -0.39 is 17.4 Å². The molecule has 7 nitrogen and oxygen atoms in total. The Balaban J connectivity index is 1.81. The van der Waals surface area contributed by atoms with E-state index in [0.29, 0.717) is 12.2 Å². The number of aliphatic carboxylic acids is 1. The lowest BCUT2D eigenvalue weighted by molar-refractivity contribution is -0.148. The normalized spacial score (nSPS) is 16.6. The lowest BCUT2D eigenvalue weighted by Gasteiger charge is -2.37. The van der Waals surface area contributed by atoms with Gasteiger partial charge in [0.25, 0.3) is 5.91 Å². The standard InChI is InChI=1S/C22H25N3O4/c26-20(25-29)13-12-19-11-10-16(14-23-19)15-24-22(21(27)28,18-8-4-5-9-18)17-6-2-1-3-7-17/h1-3,6-7,10-14,18,24,29H,4-5,8-9,15H2,(H,25,26)(H,27,28)/t22-/m1/s1. The van der Waals surface area contributed by atoms with E-state index in [9.17, 15) is 14.7 Å². The summed E-state index contributed by atoms with van der Waals surface area (Å²) in [6, 6.07) is 12.9. The summed E-state index contributed by atoms with van der Waals surface area (Å²) in [7, 11) is 0. The van der Waals surface area contributed by atoms with Gasteiger partial charge in [-0.25, -0.2) is 10.3 Å². The van der Waals surface area contributed by atoms with Gasteiger partial charge in [-0.1, -0.05) is 49.2 Å². The van der Waals surface area contributed by atoms with Crippen molar-refractivity contribution in [2.24, 2.45) is 5.92 Å². The quantitative estimate of drug-likeness (QED) is 0.311. The molecule has 1 fully saturated rings. The molecule has 29 heavy (non-hydrogen) atoms. The zero-order valence-corrected chi connectivity index (χ0v) is 16.0. The molecule has 1 atom stereocenters. The first kappa shape index (κ1) is 20.7. The number of amides is 1. The van der Waals surface area contributed by atoms with E-state index in [1.54, 1.807) is 12.3 Å². The number of benzene rings is 1. The summed E-state index contributed by atoms with van der Waals surface area (Å²) in [5.74, 6) is -1.48. The second kappa shape index (κ2) is 9.45. The number of hydrogen-bond donors (Lipinski definition) is 4. The van der Waals surface area contributed by atoms with Crippen molar-refractivity contribution in [3.63, 3.8) is 0 Å². The van der Waals surface area contributed by atoms with Crippen LogP contribution in [-0.2, 0) is 21.7 Å². The van der Waals surface area contributed by atoms with Crippen LogP contribution >= 0.6 is 0 Å². The summed E-state index contributed by atoms with van der Waals surface area (Å²) < 4.78 is 0. The molecule has 0 bridgehead atoms. The Morgan fingerprint density at radius 3 is 2.45 bits per heavy atom. The predicted octanol–water partition coefficient (Wildman–Crippen LogP) is 2.86. The van der Waals surface area contributed by atoms with Gasteiger partial charge < -0.3 is 5.11 Å². The van der Waals surface area contributed by atoms with Crippen molar-refractivity contribution in [2.75, 3.05) is 0 Å². The van der Waals surface area contributed by atoms with Gasteiger partial charge in [0.2, 0.25) is 0 Å². The topological polar surface area (TPSA) is 112 Å². The smallest absolute Gasteiger partial charge is 0.328 e. The number of carboxylic acid groups (broad SMARTS) is 1. The van der Waals surface area contributed by atoms with Crippen molar-refractivity contribution in [1.29, 1.82) is 0 Å². The van der Waals surface area contributed by atoms with Crippen molar-refractivity contribution in [3.8, 4) is 0 Å². The molecule has 0 saturated heterocycles. The van der Waals surface area contributed by atoms with Crippen LogP contribution in [0.2, 0.25) is 0 Å². The van der Waals surface area contributed by atoms with E-state index in [4.69, 9.17) is 5.21 Å². The molecule has 1 heterocycles. The highest BCUT2D eigenvalue weighted by Crippen LogP contribution is 2.41. The van der Waals surface area contributed by atoms with Crippen LogP contribution in [0.25, 0.3) is 6.08 Å². The van der Waals surface area contributed by atoms with Crippen LogP contribution in [0.5, 0.6) is 0 Å². The number of nitrogens with zero attached hydrogens (tertiary/aromatic N) is 1. The fourth-order valence-corrected chi connectivity index (χ4v) is 3.99. The van der Waals surface area contributed by atoms with Crippen molar-refractivity contribution in [1.82, 2.24) is 15.8 Å². The lowest BCUT2D eigenvalue weighted by atomic mass is 9.76. The van der Waals surface area contributed by atoms with Crippen LogP contribution in [-0.4, -0.2) is 27.2 Å². The van der Waals surface area contributed by atoms with Crippen LogP contribution in [0.15, 0.2) is 54.7 Å². The van der Waals surface area contributed by atoms with Crippen molar-refractivity contribution in [3.05, 3.63) is 71.6 Å². The average Bonchev–Trinajstić information content (AvgIpc) is 3.29. The number of nitrogens with one attached hydrogen (secondary N) is 2. The fourth-order valence-electron chi connectivity index (χ4n) is 3.99. The van der Waals surface area contributed by atoms with Gasteiger partial charge >= 0.3 is 5.97 Å². The Bertz CT molecular complexity index is 861. The monoisotopic (exact) mass is 395 g/mol. The molecule has 3 rings (SSSR count). The van der Waals surface area contributed by atoms with Gasteiger partial charge in [0.1, 0.15) is 5.54 Å². The summed E-state index contributed by atoms with van der Waals surface area (Å²) in [4.78, 5) is 27.8. The summed E-state index contributed by atoms with van der Waals surface area (Å²) in [5.41, 5.74) is 2.54. The lowest BCUT2D eigenvalue weighted by Crippen LogP contribution is -2.53. The first-order valence-corrected chi connectivity index (χ1v) is 9.67. The molecule has 7 heteroatoms.